The molecule has 1 aromatic rings. The molecule has 0 saturated heterocycles. The minimum Gasteiger partial charge on any atom is -0.360 e. The first-order valence-corrected chi connectivity index (χ1v) is 4.68. The summed E-state index contributed by atoms with van der Waals surface area (Å²) in [7, 11) is 0. The molecular weight excluding hydrogens is 160 g/mol. The Kier molecular flexibility index (Phi) is 3.45. The van der Waals surface area contributed by atoms with Crippen LogP contribution in [0.25, 0.3) is 0 Å². The minimum absolute atomic E-state index is 0.720. The third kappa shape index (κ3) is 2.95. The molecule has 0 unspecified atom stereocenters. The molecule has 4 heteroatoms. The van der Waals surface area contributed by atoms with Crippen LogP contribution in [0.4, 0.5) is 0 Å². The van der Waals surface area contributed by atoms with Gasteiger partial charge < -0.3 is 10.3 Å². The van der Waals surface area contributed by atoms with E-state index in [1.807, 2.05) is 13.0 Å². The number of hydrogen-bond donors (Lipinski definition) is 1. The van der Waals surface area contributed by atoms with Crippen molar-refractivity contribution >= 4 is 11.8 Å². The number of aryl methyl sites for hydroxylation is 1. The van der Waals surface area contributed by atoms with Crippen molar-refractivity contribution in [3.8, 4) is 0 Å². The van der Waals surface area contributed by atoms with Crippen molar-refractivity contribution in [1.82, 2.24) is 5.16 Å². The van der Waals surface area contributed by atoms with Gasteiger partial charge in [-0.1, -0.05) is 5.16 Å². The molecule has 0 aliphatic rings. The first-order chi connectivity index (χ1) is 5.33. The highest BCUT2D eigenvalue weighted by Gasteiger charge is 1.98. The predicted molar refractivity (Wildman–Crippen MR) is 46.5 cm³/mol. The predicted octanol–water partition coefficient (Wildman–Crippen LogP) is 1.17. The number of nitrogens with zero attached hydrogens (tertiary/aromatic N) is 1. The molecule has 0 bridgehead atoms. The summed E-state index contributed by atoms with van der Waals surface area (Å²) in [6, 6.07) is 1.95. The maximum Gasteiger partial charge on any atom is 0.146 e. The summed E-state index contributed by atoms with van der Waals surface area (Å²) in [5, 5.41) is 3.78. The van der Waals surface area contributed by atoms with Crippen LogP contribution in [0.3, 0.4) is 0 Å². The van der Waals surface area contributed by atoms with Crippen molar-refractivity contribution < 1.29 is 4.52 Å². The lowest BCUT2D eigenvalue weighted by Gasteiger charge is -1.92. The van der Waals surface area contributed by atoms with Gasteiger partial charge in [0.2, 0.25) is 0 Å². The van der Waals surface area contributed by atoms with Crippen LogP contribution in [0.15, 0.2) is 10.6 Å². The third-order valence-corrected chi connectivity index (χ3v) is 2.20. The normalized spacial score (nSPS) is 10.4. The van der Waals surface area contributed by atoms with Crippen LogP contribution in [-0.2, 0) is 5.75 Å². The Morgan fingerprint density at radius 3 is 3.09 bits per heavy atom. The van der Waals surface area contributed by atoms with Crippen LogP contribution in [0.1, 0.15) is 11.5 Å². The van der Waals surface area contributed by atoms with Crippen molar-refractivity contribution in [2.24, 2.45) is 5.73 Å². The van der Waals surface area contributed by atoms with E-state index in [9.17, 15) is 0 Å². The summed E-state index contributed by atoms with van der Waals surface area (Å²) in [4.78, 5) is 0. The van der Waals surface area contributed by atoms with Gasteiger partial charge in [0.1, 0.15) is 5.76 Å². The molecule has 0 aliphatic carbocycles. The second-order valence-electron chi connectivity index (χ2n) is 2.28. The molecule has 0 aromatic carbocycles. The lowest BCUT2D eigenvalue weighted by Crippen LogP contribution is -2.01. The van der Waals surface area contributed by atoms with Crippen LogP contribution in [0.2, 0.25) is 0 Å². The van der Waals surface area contributed by atoms with Gasteiger partial charge in [-0.3, -0.25) is 0 Å². The van der Waals surface area contributed by atoms with Crippen molar-refractivity contribution in [3.63, 3.8) is 0 Å². The standard InChI is InChI=1S/C7H12N2OS/c1-6-4-7(10-9-6)5-11-3-2-8/h4H,2-3,5,8H2,1H3. The zero-order chi connectivity index (χ0) is 8.10. The number of aromatic nitrogens is 1. The average molecular weight is 172 g/mol. The van der Waals surface area contributed by atoms with E-state index in [4.69, 9.17) is 10.3 Å². The highest BCUT2D eigenvalue weighted by atomic mass is 32.2. The Morgan fingerprint density at radius 1 is 1.73 bits per heavy atom. The fourth-order valence-electron chi connectivity index (χ4n) is 0.740. The number of thioether (sulfide) groups is 1. The van der Waals surface area contributed by atoms with Gasteiger partial charge >= 0.3 is 0 Å². The van der Waals surface area contributed by atoms with Gasteiger partial charge in [-0.2, -0.15) is 11.8 Å². The van der Waals surface area contributed by atoms with E-state index in [0.29, 0.717) is 0 Å². The number of rotatable bonds is 4. The van der Waals surface area contributed by atoms with Crippen molar-refractivity contribution in [3.05, 3.63) is 17.5 Å². The van der Waals surface area contributed by atoms with Crippen molar-refractivity contribution in [2.45, 2.75) is 12.7 Å². The van der Waals surface area contributed by atoms with Crippen LogP contribution >= 0.6 is 11.8 Å². The van der Waals surface area contributed by atoms with Gasteiger partial charge in [-0.05, 0) is 6.92 Å². The van der Waals surface area contributed by atoms with Crippen molar-refractivity contribution in [2.75, 3.05) is 12.3 Å². The van der Waals surface area contributed by atoms with E-state index in [1.54, 1.807) is 11.8 Å². The maximum atomic E-state index is 5.33. The molecule has 3 nitrogen and oxygen atoms in total. The molecular formula is C7H12N2OS. The molecule has 0 amide bonds. The molecule has 1 heterocycles. The Morgan fingerprint density at radius 2 is 2.55 bits per heavy atom. The molecule has 0 fully saturated rings. The molecule has 62 valence electrons. The van der Waals surface area contributed by atoms with E-state index in [1.165, 1.54) is 0 Å². The fourth-order valence-corrected chi connectivity index (χ4v) is 1.39. The van der Waals surface area contributed by atoms with Gasteiger partial charge in [0.05, 0.1) is 11.4 Å². The summed E-state index contributed by atoms with van der Waals surface area (Å²) in [6.07, 6.45) is 0. The average Bonchev–Trinajstić information content (AvgIpc) is 2.37. The Balaban J connectivity index is 2.27. The lowest BCUT2D eigenvalue weighted by atomic mass is 10.4. The molecule has 0 spiro atoms. The molecule has 0 aliphatic heterocycles. The zero-order valence-electron chi connectivity index (χ0n) is 6.54. The maximum absolute atomic E-state index is 5.33. The van der Waals surface area contributed by atoms with Crippen LogP contribution in [-0.4, -0.2) is 17.5 Å². The van der Waals surface area contributed by atoms with E-state index < -0.39 is 0 Å². The topological polar surface area (TPSA) is 52.0 Å². The highest BCUT2D eigenvalue weighted by Crippen LogP contribution is 2.11. The quantitative estimate of drug-likeness (QED) is 0.693. The lowest BCUT2D eigenvalue weighted by molar-refractivity contribution is 0.391. The van der Waals surface area contributed by atoms with E-state index in [2.05, 4.69) is 5.16 Å². The molecule has 0 atom stereocenters. The first-order valence-electron chi connectivity index (χ1n) is 3.53. The second-order valence-corrected chi connectivity index (χ2v) is 3.38. The molecule has 2 N–H and O–H groups in total. The van der Waals surface area contributed by atoms with Gasteiger partial charge in [0, 0.05) is 18.4 Å². The molecule has 11 heavy (non-hydrogen) atoms. The molecule has 0 radical (unpaired) electrons. The largest absolute Gasteiger partial charge is 0.360 e. The van der Waals surface area contributed by atoms with Crippen LogP contribution < -0.4 is 5.73 Å². The van der Waals surface area contributed by atoms with E-state index >= 15 is 0 Å². The van der Waals surface area contributed by atoms with Gasteiger partial charge in [-0.25, -0.2) is 0 Å². The summed E-state index contributed by atoms with van der Waals surface area (Å²) >= 11 is 1.76. The van der Waals surface area contributed by atoms with Crippen LogP contribution in [0, 0.1) is 6.92 Å². The number of nitrogens with two attached hydrogens (primary N) is 1. The third-order valence-electron chi connectivity index (χ3n) is 1.18. The van der Waals surface area contributed by atoms with Crippen LogP contribution in [0.5, 0.6) is 0 Å². The minimum atomic E-state index is 0.720. The van der Waals surface area contributed by atoms with Gasteiger partial charge in [0.15, 0.2) is 0 Å². The smallest absolute Gasteiger partial charge is 0.146 e. The Bertz CT molecular complexity index is 212. The Labute approximate surface area is 70.3 Å². The van der Waals surface area contributed by atoms with E-state index in [0.717, 1.165) is 29.5 Å². The second kappa shape index (κ2) is 4.41. The summed E-state index contributed by atoms with van der Waals surface area (Å²) in [5.41, 5.74) is 6.27. The zero-order valence-corrected chi connectivity index (χ0v) is 7.36. The van der Waals surface area contributed by atoms with Gasteiger partial charge in [0.25, 0.3) is 0 Å². The summed E-state index contributed by atoms with van der Waals surface area (Å²) < 4.78 is 5.00. The monoisotopic (exact) mass is 172 g/mol. The van der Waals surface area contributed by atoms with E-state index in [-0.39, 0.29) is 0 Å². The number of hydrogen-bond acceptors (Lipinski definition) is 4. The Hall–Kier alpha value is -0.480. The fraction of sp³-hybridized carbons (Fsp3) is 0.571. The molecule has 1 rings (SSSR count). The SMILES string of the molecule is Cc1cc(CSCCN)on1. The molecule has 0 saturated carbocycles. The first kappa shape index (κ1) is 8.62. The van der Waals surface area contributed by atoms with Gasteiger partial charge in [-0.15, -0.1) is 0 Å². The highest BCUT2D eigenvalue weighted by molar-refractivity contribution is 7.98. The summed E-state index contributed by atoms with van der Waals surface area (Å²) in [5.74, 6) is 2.78. The van der Waals surface area contributed by atoms with Crippen molar-refractivity contribution in [1.29, 1.82) is 0 Å². The molecule has 1 aromatic heterocycles. The summed E-state index contributed by atoms with van der Waals surface area (Å²) in [6.45, 7) is 2.64.